The summed E-state index contributed by atoms with van der Waals surface area (Å²) < 4.78 is 0. The topological polar surface area (TPSA) is 54.0 Å². The van der Waals surface area contributed by atoms with Gasteiger partial charge >= 0.3 is 0 Å². The van der Waals surface area contributed by atoms with Crippen molar-refractivity contribution in [2.75, 3.05) is 13.1 Å². The second-order valence-corrected chi connectivity index (χ2v) is 2.89. The van der Waals surface area contributed by atoms with E-state index in [9.17, 15) is 0 Å². The highest BCUT2D eigenvalue weighted by Gasteiger charge is 1.96. The molecule has 0 atom stereocenters. The van der Waals surface area contributed by atoms with Gasteiger partial charge in [-0.2, -0.15) is 5.11 Å². The van der Waals surface area contributed by atoms with Crippen molar-refractivity contribution in [1.82, 2.24) is 5.12 Å². The lowest BCUT2D eigenvalue weighted by Gasteiger charge is -2.11. The standard InChI is InChI=1S/C7H18N4/c1-4-9-10-11(8)6-5-7(2)3/h7H,4-6,8H2,1-3H3. The molecule has 0 amide bonds. The first-order valence-electron chi connectivity index (χ1n) is 4.06. The van der Waals surface area contributed by atoms with Crippen LogP contribution in [0.4, 0.5) is 0 Å². The van der Waals surface area contributed by atoms with Crippen molar-refractivity contribution in [1.29, 1.82) is 0 Å². The van der Waals surface area contributed by atoms with E-state index in [1.54, 1.807) is 0 Å². The molecule has 0 aromatic heterocycles. The average Bonchev–Trinajstić information content (AvgIpc) is 1.97. The van der Waals surface area contributed by atoms with E-state index in [2.05, 4.69) is 24.2 Å². The van der Waals surface area contributed by atoms with Crippen molar-refractivity contribution in [2.45, 2.75) is 27.2 Å². The normalized spacial score (nSPS) is 11.4. The van der Waals surface area contributed by atoms with Gasteiger partial charge in [0.1, 0.15) is 0 Å². The molecule has 0 heterocycles. The van der Waals surface area contributed by atoms with E-state index in [-0.39, 0.29) is 0 Å². The molecular formula is C7H18N4. The summed E-state index contributed by atoms with van der Waals surface area (Å²) in [5, 5.41) is 8.92. The first-order chi connectivity index (χ1) is 5.16. The molecule has 0 aromatic carbocycles. The predicted octanol–water partition coefficient (Wildman–Crippen LogP) is 1.60. The summed E-state index contributed by atoms with van der Waals surface area (Å²) in [6.45, 7) is 7.71. The molecule has 0 aromatic rings. The number of hydrazine groups is 1. The number of hydrogen-bond donors (Lipinski definition) is 1. The first kappa shape index (κ1) is 10.4. The third-order valence-electron chi connectivity index (χ3n) is 1.26. The van der Waals surface area contributed by atoms with Crippen LogP contribution in [-0.4, -0.2) is 18.2 Å². The summed E-state index contributed by atoms with van der Waals surface area (Å²) in [4.78, 5) is 0. The van der Waals surface area contributed by atoms with Crippen LogP contribution >= 0.6 is 0 Å². The maximum Gasteiger partial charge on any atom is 0.0592 e. The van der Waals surface area contributed by atoms with E-state index in [0.717, 1.165) is 13.0 Å². The van der Waals surface area contributed by atoms with Crippen LogP contribution in [0.2, 0.25) is 0 Å². The molecule has 0 saturated carbocycles. The second kappa shape index (κ2) is 6.09. The summed E-state index contributed by atoms with van der Waals surface area (Å²) in [7, 11) is 0. The highest BCUT2D eigenvalue weighted by atomic mass is 15.7. The van der Waals surface area contributed by atoms with Crippen LogP contribution in [0.5, 0.6) is 0 Å². The van der Waals surface area contributed by atoms with Gasteiger partial charge in [0.15, 0.2) is 0 Å². The predicted molar refractivity (Wildman–Crippen MR) is 45.7 cm³/mol. The Morgan fingerprint density at radius 3 is 2.55 bits per heavy atom. The molecule has 0 unspecified atom stereocenters. The molecule has 0 bridgehead atoms. The van der Waals surface area contributed by atoms with Gasteiger partial charge in [0.05, 0.1) is 13.1 Å². The minimum atomic E-state index is 0.665. The van der Waals surface area contributed by atoms with Crippen molar-refractivity contribution < 1.29 is 0 Å². The van der Waals surface area contributed by atoms with Gasteiger partial charge < -0.3 is 0 Å². The third-order valence-corrected chi connectivity index (χ3v) is 1.26. The van der Waals surface area contributed by atoms with Crippen molar-refractivity contribution in [2.24, 2.45) is 22.1 Å². The smallest absolute Gasteiger partial charge is 0.0592 e. The Balaban J connectivity index is 3.36. The number of nitrogens with zero attached hydrogens (tertiary/aromatic N) is 3. The zero-order valence-electron chi connectivity index (χ0n) is 7.62. The molecule has 0 spiro atoms. The van der Waals surface area contributed by atoms with Crippen LogP contribution < -0.4 is 5.84 Å². The van der Waals surface area contributed by atoms with Gasteiger partial charge in [0.25, 0.3) is 0 Å². The fraction of sp³-hybridized carbons (Fsp3) is 1.00. The lowest BCUT2D eigenvalue weighted by molar-refractivity contribution is 0.257. The highest BCUT2D eigenvalue weighted by molar-refractivity contribution is 4.46. The van der Waals surface area contributed by atoms with Gasteiger partial charge in [-0.1, -0.05) is 19.1 Å². The number of hydrogen-bond acceptors (Lipinski definition) is 3. The minimum absolute atomic E-state index is 0.665. The van der Waals surface area contributed by atoms with Gasteiger partial charge in [0.2, 0.25) is 0 Å². The lowest BCUT2D eigenvalue weighted by Crippen LogP contribution is -2.26. The summed E-state index contributed by atoms with van der Waals surface area (Å²) in [5.41, 5.74) is 0. The summed E-state index contributed by atoms with van der Waals surface area (Å²) >= 11 is 0. The first-order valence-corrected chi connectivity index (χ1v) is 4.06. The van der Waals surface area contributed by atoms with Crippen molar-refractivity contribution >= 4 is 0 Å². The maximum atomic E-state index is 5.48. The maximum absolute atomic E-state index is 5.48. The van der Waals surface area contributed by atoms with Crippen molar-refractivity contribution in [3.63, 3.8) is 0 Å². The number of rotatable bonds is 5. The second-order valence-electron chi connectivity index (χ2n) is 2.89. The van der Waals surface area contributed by atoms with E-state index >= 15 is 0 Å². The molecule has 4 heteroatoms. The Hall–Kier alpha value is -0.640. The summed E-state index contributed by atoms with van der Waals surface area (Å²) in [5.74, 6) is 6.15. The van der Waals surface area contributed by atoms with Crippen LogP contribution in [-0.2, 0) is 0 Å². The summed E-state index contributed by atoms with van der Waals surface area (Å²) in [6, 6.07) is 0. The average molecular weight is 158 g/mol. The molecule has 2 N–H and O–H groups in total. The molecular weight excluding hydrogens is 140 g/mol. The summed E-state index contributed by atoms with van der Waals surface area (Å²) in [6.07, 6.45) is 1.05. The Morgan fingerprint density at radius 2 is 2.09 bits per heavy atom. The molecule has 11 heavy (non-hydrogen) atoms. The van der Waals surface area contributed by atoms with Crippen LogP contribution in [0.15, 0.2) is 10.3 Å². The quantitative estimate of drug-likeness (QED) is 0.375. The Kier molecular flexibility index (Phi) is 5.74. The van der Waals surface area contributed by atoms with Crippen LogP contribution in [0, 0.1) is 5.92 Å². The van der Waals surface area contributed by atoms with E-state index in [1.807, 2.05) is 6.92 Å². The van der Waals surface area contributed by atoms with Crippen LogP contribution in [0.25, 0.3) is 0 Å². The minimum Gasteiger partial charge on any atom is -0.230 e. The Morgan fingerprint density at radius 1 is 1.45 bits per heavy atom. The fourth-order valence-electron chi connectivity index (χ4n) is 0.580. The largest absolute Gasteiger partial charge is 0.230 e. The number of nitrogens with two attached hydrogens (primary N) is 1. The molecule has 0 radical (unpaired) electrons. The zero-order chi connectivity index (χ0) is 8.69. The zero-order valence-corrected chi connectivity index (χ0v) is 7.62. The lowest BCUT2D eigenvalue weighted by atomic mass is 10.1. The van der Waals surface area contributed by atoms with E-state index in [4.69, 9.17) is 5.84 Å². The van der Waals surface area contributed by atoms with Crippen molar-refractivity contribution in [3.8, 4) is 0 Å². The Bertz CT molecular complexity index is 111. The molecule has 4 nitrogen and oxygen atoms in total. The molecule has 0 aliphatic rings. The highest BCUT2D eigenvalue weighted by Crippen LogP contribution is 1.99. The molecule has 0 fully saturated rings. The molecule has 66 valence electrons. The molecule has 0 aliphatic heterocycles. The van der Waals surface area contributed by atoms with Crippen molar-refractivity contribution in [3.05, 3.63) is 0 Å². The van der Waals surface area contributed by atoms with Gasteiger partial charge in [-0.05, 0) is 19.3 Å². The third kappa shape index (κ3) is 7.25. The van der Waals surface area contributed by atoms with Crippen LogP contribution in [0.3, 0.4) is 0 Å². The van der Waals surface area contributed by atoms with Crippen LogP contribution in [0.1, 0.15) is 27.2 Å². The molecule has 0 saturated heterocycles. The van der Waals surface area contributed by atoms with E-state index < -0.39 is 0 Å². The van der Waals surface area contributed by atoms with E-state index in [1.165, 1.54) is 5.12 Å². The van der Waals surface area contributed by atoms with Gasteiger partial charge in [-0.15, -0.1) is 0 Å². The monoisotopic (exact) mass is 158 g/mol. The Labute approximate surface area is 68.4 Å². The van der Waals surface area contributed by atoms with Gasteiger partial charge in [-0.25, -0.2) is 11.0 Å². The van der Waals surface area contributed by atoms with E-state index in [0.29, 0.717) is 12.5 Å². The molecule has 0 rings (SSSR count). The SMILES string of the molecule is CCN=NN(N)CCC(C)C. The van der Waals surface area contributed by atoms with Gasteiger partial charge in [-0.3, -0.25) is 0 Å². The fourth-order valence-corrected chi connectivity index (χ4v) is 0.580. The van der Waals surface area contributed by atoms with Gasteiger partial charge in [0, 0.05) is 0 Å². The molecule has 0 aliphatic carbocycles.